The lowest BCUT2D eigenvalue weighted by atomic mass is 10.2. The zero-order valence-corrected chi connectivity index (χ0v) is 18.3. The number of rotatable bonds is 11. The molecule has 0 radical (unpaired) electrons. The Morgan fingerprint density at radius 3 is 2.90 bits per heavy atom. The van der Waals surface area contributed by atoms with Crippen molar-refractivity contribution in [3.05, 3.63) is 16.7 Å². The highest BCUT2D eigenvalue weighted by molar-refractivity contribution is 7.46. The van der Waals surface area contributed by atoms with Gasteiger partial charge in [0.1, 0.15) is 6.23 Å². The molecule has 0 aliphatic heterocycles. The minimum absolute atomic E-state index is 0.0247. The van der Waals surface area contributed by atoms with E-state index in [9.17, 15) is 9.59 Å². The van der Waals surface area contributed by atoms with Crippen molar-refractivity contribution in [2.45, 2.75) is 46.4 Å². The largest absolute Gasteiger partial charge is 0.353 e. The number of hydrogen-bond acceptors (Lipinski definition) is 8. The van der Waals surface area contributed by atoms with Crippen molar-refractivity contribution < 1.29 is 19.9 Å². The van der Waals surface area contributed by atoms with Gasteiger partial charge in [-0.25, -0.2) is 4.98 Å². The van der Waals surface area contributed by atoms with Crippen LogP contribution in [0.2, 0.25) is 0 Å². The highest BCUT2D eigenvalue weighted by Gasteiger charge is 2.18. The fraction of sp³-hybridized carbons (Fsp3) is 0.611. The van der Waals surface area contributed by atoms with Crippen LogP contribution in [0.25, 0.3) is 11.2 Å². The monoisotopic (exact) mass is 439 g/mol. The number of H-pyrrole nitrogens is 1. The quantitative estimate of drug-likeness (QED) is 0.401. The van der Waals surface area contributed by atoms with Crippen LogP contribution in [0.4, 0.5) is 5.95 Å². The summed E-state index contributed by atoms with van der Waals surface area (Å²) in [4.78, 5) is 35.1. The lowest BCUT2D eigenvalue weighted by molar-refractivity contribution is -0.118. The lowest BCUT2D eigenvalue weighted by Gasteiger charge is -2.22. The third kappa shape index (κ3) is 6.57. The highest BCUT2D eigenvalue weighted by atomic mass is 31.2. The van der Waals surface area contributed by atoms with Crippen molar-refractivity contribution in [3.8, 4) is 6.07 Å². The second-order valence-electron chi connectivity index (χ2n) is 6.72. The molecule has 0 aliphatic rings. The van der Waals surface area contributed by atoms with Crippen LogP contribution in [0, 0.1) is 17.2 Å². The number of ether oxygens (including phenoxy) is 1. The molecule has 30 heavy (non-hydrogen) atoms. The van der Waals surface area contributed by atoms with Gasteiger partial charge < -0.3 is 13.8 Å². The van der Waals surface area contributed by atoms with E-state index in [2.05, 4.69) is 20.3 Å². The van der Waals surface area contributed by atoms with Gasteiger partial charge in [-0.2, -0.15) is 10.2 Å². The van der Waals surface area contributed by atoms with Gasteiger partial charge in [-0.15, -0.1) is 0 Å². The predicted octanol–water partition coefficient (Wildman–Crippen LogP) is 2.53. The first-order valence-electron chi connectivity index (χ1n) is 10.1. The first-order chi connectivity index (χ1) is 14.8. The molecule has 0 aromatic carbocycles. The lowest BCUT2D eigenvalue weighted by Crippen LogP contribution is -2.23. The first-order valence-corrected chi connectivity index (χ1v) is 11.0. The van der Waals surface area contributed by atoms with E-state index < -0.39 is 26.3 Å². The smallest absolute Gasteiger partial charge is 0.280 e. The zero-order chi connectivity index (χ0) is 23.0. The maximum atomic E-state index is 12.3. The molecule has 0 spiro atoms. The van der Waals surface area contributed by atoms with E-state index in [0.29, 0.717) is 6.61 Å². The highest BCUT2D eigenvalue weighted by Crippen LogP contribution is 2.33. The number of nitrogens with one attached hydrogen (secondary N) is 2. The number of anilines is 1. The van der Waals surface area contributed by atoms with E-state index in [4.69, 9.17) is 20.4 Å². The number of amides is 1. The van der Waals surface area contributed by atoms with Crippen LogP contribution in [0.3, 0.4) is 0 Å². The molecule has 12 heteroatoms. The van der Waals surface area contributed by atoms with Gasteiger partial charge in [0.2, 0.25) is 11.9 Å². The minimum atomic E-state index is -1.18. The first kappa shape index (κ1) is 22.3. The Morgan fingerprint density at radius 2 is 2.23 bits per heavy atom. The molecule has 1 unspecified atom stereocenters. The van der Waals surface area contributed by atoms with E-state index >= 15 is 0 Å². The third-order valence-corrected chi connectivity index (χ3v) is 4.97. The Bertz CT molecular complexity index is 974. The average Bonchev–Trinajstić information content (AvgIpc) is 3.15. The number of nitrogens with zero attached hydrogens (tertiary/aromatic N) is 4. The number of hydrogen-bond donors (Lipinski definition) is 2. The Hall–Kier alpha value is -2.38. The molecule has 0 fully saturated rings. The van der Waals surface area contributed by atoms with Gasteiger partial charge >= 0.3 is 0 Å². The predicted molar refractivity (Wildman–Crippen MR) is 112 cm³/mol. The molecule has 0 bridgehead atoms. The molecule has 3 atom stereocenters. The van der Waals surface area contributed by atoms with Crippen molar-refractivity contribution in [1.82, 2.24) is 19.5 Å². The summed E-state index contributed by atoms with van der Waals surface area (Å²) in [6.07, 6.45) is 0.546. The number of carbonyl (C=O) groups is 1. The number of aromatic amines is 1. The molecule has 2 N–H and O–H groups in total. The van der Waals surface area contributed by atoms with Crippen molar-refractivity contribution in [3.63, 3.8) is 0 Å². The van der Waals surface area contributed by atoms with Crippen LogP contribution < -0.4 is 10.9 Å². The molecule has 2 aromatic heterocycles. The molecular formula is C18H27N6O5P. The van der Waals surface area contributed by atoms with Gasteiger partial charge in [-0.05, 0) is 13.8 Å². The summed E-state index contributed by atoms with van der Waals surface area (Å²) < 4.78 is 26.2. The maximum Gasteiger partial charge on any atom is 0.280 e. The fourth-order valence-electron chi connectivity index (χ4n) is 2.34. The zero-order valence-electron chi connectivity index (χ0n) is 18.4. The molecule has 164 valence electrons. The fourth-order valence-corrected chi connectivity index (χ4v) is 3.14. The van der Waals surface area contributed by atoms with E-state index in [1.807, 2.05) is 6.07 Å². The van der Waals surface area contributed by atoms with Crippen molar-refractivity contribution in [2.24, 2.45) is 5.92 Å². The van der Waals surface area contributed by atoms with Crippen molar-refractivity contribution in [1.29, 1.82) is 5.26 Å². The average molecular weight is 439 g/mol. The summed E-state index contributed by atoms with van der Waals surface area (Å²) in [5.41, 5.74) is -0.126. The molecule has 1 amide bonds. The summed E-state index contributed by atoms with van der Waals surface area (Å²) >= 11 is 0. The van der Waals surface area contributed by atoms with E-state index in [-0.39, 0.29) is 48.9 Å². The second kappa shape index (κ2) is 11.1. The van der Waals surface area contributed by atoms with Gasteiger partial charge in [-0.3, -0.25) is 24.5 Å². The number of fused-ring (bicyclic) bond motifs is 1. The van der Waals surface area contributed by atoms with Crippen LogP contribution in [-0.4, -0.2) is 51.4 Å². The van der Waals surface area contributed by atoms with Crippen molar-refractivity contribution >= 4 is 31.4 Å². The van der Waals surface area contributed by atoms with Gasteiger partial charge in [0.15, 0.2) is 19.5 Å². The van der Waals surface area contributed by atoms with Crippen LogP contribution in [0.1, 0.15) is 41.7 Å². The van der Waals surface area contributed by atoms with E-state index in [0.717, 1.165) is 0 Å². The molecule has 0 saturated heterocycles. The van der Waals surface area contributed by atoms with Crippen LogP contribution >= 0.6 is 8.38 Å². The van der Waals surface area contributed by atoms with E-state index in [1.165, 1.54) is 6.33 Å². The summed E-state index contributed by atoms with van der Waals surface area (Å²) in [6, 6.07) is 1.99. The van der Waals surface area contributed by atoms with E-state index in [1.54, 1.807) is 32.0 Å². The molecule has 2 heterocycles. The Kier molecular flexibility index (Phi) is 8.28. The third-order valence-electron chi connectivity index (χ3n) is 3.91. The number of nitriles is 1. The standard InChI is InChI=1S/C18H27N6O5P/c1-11(2)16(25)22-18-21-15-14(17(26)23-18)20-10-24(15)13(4)29-12(3)9-28-30(5)27-8-6-7-19/h10-13H,6,8-9H2,1-5H3,(H2,21,22,23,25,26)/t12-,13-,30?/m1/s1/i3D. The summed E-state index contributed by atoms with van der Waals surface area (Å²) in [6.45, 7) is 7.33. The summed E-state index contributed by atoms with van der Waals surface area (Å²) in [5.74, 6) is -0.534. The minimum Gasteiger partial charge on any atom is -0.353 e. The normalized spacial score (nSPS) is 14.9. The van der Waals surface area contributed by atoms with Gasteiger partial charge in [0.25, 0.3) is 5.56 Å². The SMILES string of the molecule is [2H]C[C@H](COP(C)OCCC#N)O[C@H](C)n1cnc2c(=O)[nH]c(NC(=O)C(C)C)nc21. The van der Waals surface area contributed by atoms with Crippen LogP contribution in [0.15, 0.2) is 11.1 Å². The number of carbonyl (C=O) groups excluding carboxylic acids is 1. The van der Waals surface area contributed by atoms with Crippen LogP contribution in [-0.2, 0) is 18.6 Å². The number of imidazole rings is 1. The van der Waals surface area contributed by atoms with Gasteiger partial charge in [-0.1, -0.05) is 13.8 Å². The van der Waals surface area contributed by atoms with Gasteiger partial charge in [0, 0.05) is 14.0 Å². The summed E-state index contributed by atoms with van der Waals surface area (Å²) in [7, 11) is -1.18. The molecule has 11 nitrogen and oxygen atoms in total. The Labute approximate surface area is 177 Å². The topological polar surface area (TPSA) is 144 Å². The molecule has 2 rings (SSSR count). The summed E-state index contributed by atoms with van der Waals surface area (Å²) in [5, 5.41) is 11.1. The second-order valence-corrected chi connectivity index (χ2v) is 8.11. The Balaban J connectivity index is 2.09. The van der Waals surface area contributed by atoms with Crippen LogP contribution in [0.5, 0.6) is 0 Å². The van der Waals surface area contributed by atoms with Crippen molar-refractivity contribution in [2.75, 3.05) is 25.2 Å². The molecule has 2 aromatic rings. The molecular weight excluding hydrogens is 411 g/mol. The molecule has 0 saturated carbocycles. The number of aromatic nitrogens is 4. The Morgan fingerprint density at radius 1 is 1.47 bits per heavy atom. The molecule has 0 aliphatic carbocycles. The maximum absolute atomic E-state index is 12.3. The van der Waals surface area contributed by atoms with Gasteiger partial charge in [0.05, 0.1) is 38.1 Å².